The summed E-state index contributed by atoms with van der Waals surface area (Å²) in [6, 6.07) is 0. The fraction of sp³-hybridized carbons (Fsp3) is 0.744. The van der Waals surface area contributed by atoms with Gasteiger partial charge in [0.05, 0.1) is 25.4 Å². The second kappa shape index (κ2) is 33.5. The summed E-state index contributed by atoms with van der Waals surface area (Å²) < 4.78 is 32.7. The lowest BCUT2D eigenvalue weighted by Gasteiger charge is -2.20. The molecule has 0 bridgehead atoms. The third-order valence-corrected chi connectivity index (χ3v) is 10.6. The fourth-order valence-corrected chi connectivity index (χ4v) is 7.19. The molecule has 0 spiro atoms. The Kier molecular flexibility index (Phi) is 30.9. The van der Waals surface area contributed by atoms with E-state index < -0.39 is 44.7 Å². The smallest absolute Gasteiger partial charge is 0.462 e. The standard InChI is InChI=1S/C43H74NO11P/c1-3-5-7-8-9-10-11-12-13-14-15-16-17-18-23-27-42(48)52-34-37(35-54-56(50,51)53-32-31-44)55-43(49)28-24-20-19-22-26-38-39(41(47)33-40(38)46)30-29-36(45)25-21-6-4-2/h5,7,9-10,12-13,29-30,36-39,41,45,47H,3-4,6,8,11,14-28,31-35,44H2,1-2H3,(H,50,51)/b7-5-,10-9-,13-12-,30-29+/t36-,37+,38+,39+,41+/m0/s1. The van der Waals surface area contributed by atoms with E-state index >= 15 is 0 Å². The highest BCUT2D eigenvalue weighted by molar-refractivity contribution is 7.47. The van der Waals surface area contributed by atoms with Crippen LogP contribution in [-0.4, -0.2) is 77.5 Å². The van der Waals surface area contributed by atoms with Gasteiger partial charge in [0.25, 0.3) is 0 Å². The van der Waals surface area contributed by atoms with Crippen LogP contribution in [-0.2, 0) is 37.5 Å². The summed E-state index contributed by atoms with van der Waals surface area (Å²) in [5, 5.41) is 20.7. The molecule has 0 aromatic carbocycles. The average molecular weight is 812 g/mol. The van der Waals surface area contributed by atoms with Crippen molar-refractivity contribution < 1.29 is 52.6 Å². The highest BCUT2D eigenvalue weighted by Crippen LogP contribution is 2.43. The maximum Gasteiger partial charge on any atom is 0.472 e. The van der Waals surface area contributed by atoms with Gasteiger partial charge in [-0.2, -0.15) is 0 Å². The Morgan fingerprint density at radius 2 is 1.48 bits per heavy atom. The molecule has 0 amide bonds. The number of unbranched alkanes of at least 4 members (excludes halogenated alkanes) is 10. The number of ketones is 1. The molecule has 56 heavy (non-hydrogen) atoms. The lowest BCUT2D eigenvalue weighted by atomic mass is 9.88. The zero-order valence-electron chi connectivity index (χ0n) is 34.3. The number of allylic oxidation sites excluding steroid dienone is 6. The van der Waals surface area contributed by atoms with Crippen LogP contribution in [0, 0.1) is 11.8 Å². The van der Waals surface area contributed by atoms with Crippen LogP contribution >= 0.6 is 7.82 Å². The van der Waals surface area contributed by atoms with E-state index in [0.717, 1.165) is 83.5 Å². The van der Waals surface area contributed by atoms with Gasteiger partial charge in [-0.05, 0) is 57.8 Å². The van der Waals surface area contributed by atoms with Crippen molar-refractivity contribution >= 4 is 25.5 Å². The first-order chi connectivity index (χ1) is 27.0. The lowest BCUT2D eigenvalue weighted by Crippen LogP contribution is -2.29. The van der Waals surface area contributed by atoms with Gasteiger partial charge >= 0.3 is 19.8 Å². The van der Waals surface area contributed by atoms with Crippen LogP contribution in [0.4, 0.5) is 0 Å². The Balaban J connectivity index is 2.41. The van der Waals surface area contributed by atoms with Crippen LogP contribution in [0.25, 0.3) is 0 Å². The normalized spacial score (nSPS) is 19.8. The molecule has 5 N–H and O–H groups in total. The van der Waals surface area contributed by atoms with E-state index in [2.05, 4.69) is 50.3 Å². The van der Waals surface area contributed by atoms with Gasteiger partial charge in [-0.3, -0.25) is 23.4 Å². The molecule has 1 fully saturated rings. The van der Waals surface area contributed by atoms with Crippen LogP contribution in [0.3, 0.4) is 0 Å². The van der Waals surface area contributed by atoms with E-state index in [0.29, 0.717) is 32.1 Å². The number of ether oxygens (including phenoxy) is 2. The monoisotopic (exact) mass is 811 g/mol. The number of phosphoric ester groups is 1. The molecule has 322 valence electrons. The minimum Gasteiger partial charge on any atom is -0.462 e. The number of aliphatic hydroxyl groups is 2. The van der Waals surface area contributed by atoms with Gasteiger partial charge < -0.3 is 30.3 Å². The van der Waals surface area contributed by atoms with Crippen LogP contribution in [0.2, 0.25) is 0 Å². The van der Waals surface area contributed by atoms with E-state index in [1.807, 2.05) is 0 Å². The van der Waals surface area contributed by atoms with Crippen molar-refractivity contribution in [1.29, 1.82) is 0 Å². The number of nitrogens with two attached hydrogens (primary N) is 1. The van der Waals surface area contributed by atoms with Crippen LogP contribution in [0.1, 0.15) is 149 Å². The van der Waals surface area contributed by atoms with Gasteiger partial charge in [-0.1, -0.05) is 120 Å². The Bertz CT molecular complexity index is 1220. The number of esters is 2. The Morgan fingerprint density at radius 1 is 0.839 bits per heavy atom. The number of aliphatic hydroxyl groups excluding tert-OH is 2. The molecule has 13 heteroatoms. The zero-order valence-corrected chi connectivity index (χ0v) is 35.2. The lowest BCUT2D eigenvalue weighted by molar-refractivity contribution is -0.161. The third kappa shape index (κ3) is 27.2. The predicted octanol–water partition coefficient (Wildman–Crippen LogP) is 8.53. The summed E-state index contributed by atoms with van der Waals surface area (Å²) in [7, 11) is -4.45. The molecule has 0 saturated heterocycles. The molecule has 1 aliphatic carbocycles. The SMILES string of the molecule is CC/C=C\C/C=C\C/C=C\CCCCCCCC(=O)OC[C@H](COP(=O)(O)OCCN)OC(=O)CCCCCC[C@H]1C(=O)C[C@@H](O)[C@@H]1/C=C/[C@@H](O)CCCCC. The first kappa shape index (κ1) is 51.6. The molecule has 0 aromatic rings. The number of rotatable bonds is 35. The second-order valence-electron chi connectivity index (χ2n) is 14.6. The fourth-order valence-electron chi connectivity index (χ4n) is 6.43. The Morgan fingerprint density at radius 3 is 2.18 bits per heavy atom. The van der Waals surface area contributed by atoms with Crippen molar-refractivity contribution in [2.45, 2.75) is 167 Å². The maximum absolute atomic E-state index is 12.7. The summed E-state index contributed by atoms with van der Waals surface area (Å²) in [5.41, 5.74) is 5.34. The van der Waals surface area contributed by atoms with E-state index in [-0.39, 0.29) is 56.6 Å². The van der Waals surface area contributed by atoms with Gasteiger partial charge in [-0.25, -0.2) is 4.57 Å². The van der Waals surface area contributed by atoms with Crippen molar-refractivity contribution in [1.82, 2.24) is 0 Å². The Hall–Kier alpha value is -2.44. The third-order valence-electron chi connectivity index (χ3n) is 9.59. The number of Topliss-reactive ketones (excluding diaryl/α,β-unsaturated/α-hetero) is 1. The van der Waals surface area contributed by atoms with Gasteiger partial charge in [-0.15, -0.1) is 0 Å². The van der Waals surface area contributed by atoms with E-state index in [1.54, 1.807) is 12.2 Å². The molecule has 0 aliphatic heterocycles. The molecule has 12 nitrogen and oxygen atoms in total. The molecular weight excluding hydrogens is 737 g/mol. The minimum atomic E-state index is -4.45. The number of hydrogen-bond acceptors (Lipinski definition) is 11. The van der Waals surface area contributed by atoms with Crippen molar-refractivity contribution in [3.8, 4) is 0 Å². The minimum absolute atomic E-state index is 0.0102. The van der Waals surface area contributed by atoms with Gasteiger partial charge in [0.2, 0.25) is 0 Å². The summed E-state index contributed by atoms with van der Waals surface area (Å²) in [6.45, 7) is 3.20. The van der Waals surface area contributed by atoms with Gasteiger partial charge in [0.1, 0.15) is 12.4 Å². The highest BCUT2D eigenvalue weighted by atomic mass is 31.2. The molecule has 1 saturated carbocycles. The molecule has 1 aliphatic rings. The van der Waals surface area contributed by atoms with E-state index in [4.69, 9.17) is 24.3 Å². The molecule has 1 rings (SSSR count). The van der Waals surface area contributed by atoms with Crippen molar-refractivity contribution in [2.24, 2.45) is 17.6 Å². The molecule has 0 radical (unpaired) electrons. The first-order valence-corrected chi connectivity index (χ1v) is 22.7. The average Bonchev–Trinajstić information content (AvgIpc) is 3.44. The van der Waals surface area contributed by atoms with Crippen molar-refractivity contribution in [2.75, 3.05) is 26.4 Å². The Labute approximate surface area is 337 Å². The van der Waals surface area contributed by atoms with Crippen molar-refractivity contribution in [3.05, 3.63) is 48.6 Å². The quantitative estimate of drug-likeness (QED) is 0.0207. The molecule has 0 heterocycles. The number of carbonyl (C=O) groups is 3. The highest BCUT2D eigenvalue weighted by Gasteiger charge is 2.39. The summed E-state index contributed by atoms with van der Waals surface area (Å²) in [5.74, 6) is -1.57. The van der Waals surface area contributed by atoms with Crippen LogP contribution in [0.5, 0.6) is 0 Å². The van der Waals surface area contributed by atoms with Crippen molar-refractivity contribution in [3.63, 3.8) is 0 Å². The molecular formula is C43H74NO11P. The van der Waals surface area contributed by atoms with Gasteiger partial charge in [0.15, 0.2) is 6.10 Å². The van der Waals surface area contributed by atoms with E-state index in [1.165, 1.54) is 0 Å². The molecule has 0 aromatic heterocycles. The first-order valence-electron chi connectivity index (χ1n) is 21.2. The molecule has 6 atom stereocenters. The van der Waals surface area contributed by atoms with E-state index in [9.17, 15) is 34.1 Å². The second-order valence-corrected chi connectivity index (χ2v) is 16.1. The zero-order chi connectivity index (χ0) is 41.3. The predicted molar refractivity (Wildman–Crippen MR) is 220 cm³/mol. The van der Waals surface area contributed by atoms with Crippen LogP contribution < -0.4 is 5.73 Å². The topological polar surface area (TPSA) is 192 Å². The summed E-state index contributed by atoms with van der Waals surface area (Å²) in [6.07, 6.45) is 30.4. The van der Waals surface area contributed by atoms with Gasteiger partial charge in [0, 0.05) is 37.6 Å². The largest absolute Gasteiger partial charge is 0.472 e. The summed E-state index contributed by atoms with van der Waals surface area (Å²) >= 11 is 0. The molecule has 1 unspecified atom stereocenters. The maximum atomic E-state index is 12.7. The number of phosphoric acid groups is 1. The summed E-state index contributed by atoms with van der Waals surface area (Å²) in [4.78, 5) is 47.6. The number of hydrogen-bond donors (Lipinski definition) is 4. The number of carbonyl (C=O) groups excluding carboxylic acids is 3. The van der Waals surface area contributed by atoms with Crippen LogP contribution in [0.15, 0.2) is 48.6 Å².